The minimum Gasteiger partial charge on any atom is -0.497 e. The lowest BCUT2D eigenvalue weighted by Gasteiger charge is -2.11. The molecule has 5 heteroatoms. The third-order valence-electron chi connectivity index (χ3n) is 4.12. The molecule has 3 rings (SSSR count). The molecule has 1 aromatic carbocycles. The Hall–Kier alpha value is -2.14. The molecule has 0 amide bonds. The van der Waals surface area contributed by atoms with Crippen molar-refractivity contribution in [2.24, 2.45) is 0 Å². The second-order valence-corrected chi connectivity index (χ2v) is 6.74. The van der Waals surface area contributed by atoms with Crippen LogP contribution in [0.3, 0.4) is 0 Å². The Balaban J connectivity index is 2.18. The molecular formula is C19H23N3OS. The maximum absolute atomic E-state index is 5.28. The van der Waals surface area contributed by atoms with Crippen LogP contribution in [0.15, 0.2) is 24.3 Å². The minimum absolute atomic E-state index is 0.840. The fraction of sp³-hybridized carbons (Fsp3) is 0.368. The molecule has 4 nitrogen and oxygen atoms in total. The second-order valence-electron chi connectivity index (χ2n) is 5.74. The number of rotatable bonds is 6. The maximum atomic E-state index is 5.28. The van der Waals surface area contributed by atoms with Gasteiger partial charge in [-0.25, -0.2) is 9.97 Å². The third kappa shape index (κ3) is 3.08. The van der Waals surface area contributed by atoms with E-state index in [0.29, 0.717) is 0 Å². The molecule has 1 N–H and O–H groups in total. The zero-order valence-corrected chi connectivity index (χ0v) is 15.5. The SMILES string of the molecule is CCCNc1nc2nc(CC)c(C)c(-c3ccc(OC)cc3)c2s1. The molecule has 0 bridgehead atoms. The topological polar surface area (TPSA) is 47.0 Å². The van der Waals surface area contributed by atoms with Gasteiger partial charge in [0.2, 0.25) is 0 Å². The van der Waals surface area contributed by atoms with Crippen molar-refractivity contribution in [2.75, 3.05) is 19.0 Å². The molecule has 0 spiro atoms. The number of pyridine rings is 1. The van der Waals surface area contributed by atoms with E-state index in [1.807, 2.05) is 12.1 Å². The van der Waals surface area contributed by atoms with Crippen molar-refractivity contribution in [3.05, 3.63) is 35.5 Å². The number of aromatic nitrogens is 2. The molecule has 3 aromatic rings. The van der Waals surface area contributed by atoms with Crippen LogP contribution < -0.4 is 10.1 Å². The van der Waals surface area contributed by atoms with E-state index in [0.717, 1.165) is 46.3 Å². The average molecular weight is 341 g/mol. The highest BCUT2D eigenvalue weighted by Gasteiger charge is 2.17. The molecule has 0 aliphatic heterocycles. The van der Waals surface area contributed by atoms with Crippen molar-refractivity contribution in [3.63, 3.8) is 0 Å². The zero-order chi connectivity index (χ0) is 17.1. The number of hydrogen-bond donors (Lipinski definition) is 1. The molecule has 0 unspecified atom stereocenters. The van der Waals surface area contributed by atoms with E-state index in [4.69, 9.17) is 14.7 Å². The first-order valence-corrected chi connectivity index (χ1v) is 9.17. The van der Waals surface area contributed by atoms with Gasteiger partial charge in [0.15, 0.2) is 10.8 Å². The van der Waals surface area contributed by atoms with E-state index in [9.17, 15) is 0 Å². The Kier molecular flexibility index (Phi) is 5.00. The molecule has 0 atom stereocenters. The van der Waals surface area contributed by atoms with Crippen LogP contribution in [-0.4, -0.2) is 23.6 Å². The molecule has 0 saturated carbocycles. The van der Waals surface area contributed by atoms with Crippen molar-refractivity contribution in [1.29, 1.82) is 0 Å². The summed E-state index contributed by atoms with van der Waals surface area (Å²) in [6.45, 7) is 7.38. The average Bonchev–Trinajstić information content (AvgIpc) is 3.02. The van der Waals surface area contributed by atoms with E-state index < -0.39 is 0 Å². The van der Waals surface area contributed by atoms with E-state index in [-0.39, 0.29) is 0 Å². The van der Waals surface area contributed by atoms with E-state index >= 15 is 0 Å². The Morgan fingerprint density at radius 2 is 1.88 bits per heavy atom. The number of aryl methyl sites for hydroxylation is 1. The Morgan fingerprint density at radius 1 is 1.12 bits per heavy atom. The number of thiazole rings is 1. The molecule has 0 saturated heterocycles. The summed E-state index contributed by atoms with van der Waals surface area (Å²) in [6, 6.07) is 8.23. The monoisotopic (exact) mass is 341 g/mol. The summed E-state index contributed by atoms with van der Waals surface area (Å²) in [7, 11) is 1.69. The molecular weight excluding hydrogens is 318 g/mol. The molecule has 0 fully saturated rings. The van der Waals surface area contributed by atoms with Crippen LogP contribution in [0.1, 0.15) is 31.5 Å². The van der Waals surface area contributed by atoms with Crippen molar-refractivity contribution in [1.82, 2.24) is 9.97 Å². The largest absolute Gasteiger partial charge is 0.497 e. The minimum atomic E-state index is 0.840. The van der Waals surface area contributed by atoms with Gasteiger partial charge in [-0.3, -0.25) is 0 Å². The highest BCUT2D eigenvalue weighted by atomic mass is 32.1. The first kappa shape index (κ1) is 16.7. The molecule has 0 aliphatic rings. The predicted octanol–water partition coefficient (Wildman–Crippen LogP) is 5.06. The van der Waals surface area contributed by atoms with Crippen LogP contribution in [0.25, 0.3) is 21.5 Å². The number of methoxy groups -OCH3 is 1. The normalized spacial score (nSPS) is 11.0. The molecule has 126 valence electrons. The summed E-state index contributed by atoms with van der Waals surface area (Å²) in [4.78, 5) is 9.47. The number of benzene rings is 1. The standard InChI is InChI=1S/C19H23N3OS/c1-5-11-20-19-22-18-17(24-19)16(12(3)15(6-2)21-18)13-7-9-14(23-4)10-8-13/h7-10H,5-6,11H2,1-4H3,(H,20,21,22). The maximum Gasteiger partial charge on any atom is 0.185 e. The lowest BCUT2D eigenvalue weighted by molar-refractivity contribution is 0.415. The summed E-state index contributed by atoms with van der Waals surface area (Å²) >= 11 is 1.69. The lowest BCUT2D eigenvalue weighted by atomic mass is 9.99. The summed E-state index contributed by atoms with van der Waals surface area (Å²) in [5.41, 5.74) is 5.61. The van der Waals surface area contributed by atoms with Gasteiger partial charge in [-0.15, -0.1) is 0 Å². The number of nitrogens with zero attached hydrogens (tertiary/aromatic N) is 2. The van der Waals surface area contributed by atoms with Crippen LogP contribution in [0.5, 0.6) is 5.75 Å². The van der Waals surface area contributed by atoms with E-state index in [2.05, 4.69) is 38.2 Å². The van der Waals surface area contributed by atoms with Crippen molar-refractivity contribution < 1.29 is 4.74 Å². The smallest absolute Gasteiger partial charge is 0.185 e. The van der Waals surface area contributed by atoms with Crippen LogP contribution in [0.4, 0.5) is 5.13 Å². The highest BCUT2D eigenvalue weighted by molar-refractivity contribution is 7.22. The number of ether oxygens (including phenoxy) is 1. The van der Waals surface area contributed by atoms with E-state index in [1.165, 1.54) is 16.7 Å². The van der Waals surface area contributed by atoms with Gasteiger partial charge in [0.25, 0.3) is 0 Å². The Morgan fingerprint density at radius 3 is 2.50 bits per heavy atom. The molecule has 2 aromatic heterocycles. The number of nitrogens with one attached hydrogen (secondary N) is 1. The highest BCUT2D eigenvalue weighted by Crippen LogP contribution is 2.38. The predicted molar refractivity (Wildman–Crippen MR) is 102 cm³/mol. The van der Waals surface area contributed by atoms with Crippen LogP contribution >= 0.6 is 11.3 Å². The Bertz CT molecular complexity index is 840. The number of fused-ring (bicyclic) bond motifs is 1. The quantitative estimate of drug-likeness (QED) is 0.681. The van der Waals surface area contributed by atoms with E-state index in [1.54, 1.807) is 18.4 Å². The second kappa shape index (κ2) is 7.18. The van der Waals surface area contributed by atoms with Crippen LogP contribution in [0, 0.1) is 6.92 Å². The summed E-state index contributed by atoms with van der Waals surface area (Å²) in [5, 5.41) is 4.33. The van der Waals surface area contributed by atoms with Gasteiger partial charge in [-0.1, -0.05) is 37.3 Å². The molecule has 24 heavy (non-hydrogen) atoms. The summed E-state index contributed by atoms with van der Waals surface area (Å²) in [5.74, 6) is 0.868. The first-order chi connectivity index (χ1) is 11.7. The number of hydrogen-bond acceptors (Lipinski definition) is 5. The summed E-state index contributed by atoms with van der Waals surface area (Å²) in [6.07, 6.45) is 1.98. The fourth-order valence-corrected chi connectivity index (χ4v) is 3.89. The lowest BCUT2D eigenvalue weighted by Crippen LogP contribution is -1.99. The van der Waals surface area contributed by atoms with Crippen molar-refractivity contribution >= 4 is 26.8 Å². The third-order valence-corrected chi connectivity index (χ3v) is 5.14. The van der Waals surface area contributed by atoms with Crippen molar-refractivity contribution in [2.45, 2.75) is 33.6 Å². The Labute approximate surface area is 146 Å². The summed E-state index contributed by atoms with van der Waals surface area (Å²) < 4.78 is 6.43. The van der Waals surface area contributed by atoms with Crippen molar-refractivity contribution in [3.8, 4) is 16.9 Å². The van der Waals surface area contributed by atoms with Gasteiger partial charge in [0.1, 0.15) is 5.75 Å². The van der Waals surface area contributed by atoms with Gasteiger partial charge in [-0.05, 0) is 43.0 Å². The van der Waals surface area contributed by atoms with Crippen LogP contribution in [0.2, 0.25) is 0 Å². The molecule has 0 aliphatic carbocycles. The van der Waals surface area contributed by atoms with Gasteiger partial charge < -0.3 is 10.1 Å². The number of anilines is 1. The first-order valence-electron chi connectivity index (χ1n) is 8.36. The molecule has 0 radical (unpaired) electrons. The fourth-order valence-electron chi connectivity index (χ4n) is 2.83. The van der Waals surface area contributed by atoms with Gasteiger partial charge in [-0.2, -0.15) is 0 Å². The molecule has 2 heterocycles. The van der Waals surface area contributed by atoms with Gasteiger partial charge in [0, 0.05) is 17.8 Å². The van der Waals surface area contributed by atoms with Gasteiger partial charge in [0.05, 0.1) is 11.8 Å². The van der Waals surface area contributed by atoms with Gasteiger partial charge >= 0.3 is 0 Å². The zero-order valence-electron chi connectivity index (χ0n) is 14.6. The van der Waals surface area contributed by atoms with Crippen LogP contribution in [-0.2, 0) is 6.42 Å².